The first-order valence-corrected chi connectivity index (χ1v) is 9.02. The van der Waals surface area contributed by atoms with Gasteiger partial charge in [-0.05, 0) is 35.9 Å². The van der Waals surface area contributed by atoms with Gasteiger partial charge in [0.25, 0.3) is 0 Å². The third-order valence-electron chi connectivity index (χ3n) is 5.00. The van der Waals surface area contributed by atoms with E-state index in [0.717, 1.165) is 12.1 Å². The fourth-order valence-electron chi connectivity index (χ4n) is 3.50. The molecule has 0 aliphatic carbocycles. The number of ketones is 1. The topological polar surface area (TPSA) is 165 Å². The number of benzene rings is 3. The molecule has 0 saturated heterocycles. The summed E-state index contributed by atoms with van der Waals surface area (Å²) >= 11 is 0. The first-order chi connectivity index (χ1) is 14.7. The molecule has 9 heteroatoms. The number of aliphatic hydroxyl groups excluding tert-OH is 1. The number of carbonyl (C=O) groups is 2. The maximum atomic E-state index is 12.6. The molecule has 0 bridgehead atoms. The highest BCUT2D eigenvalue weighted by Crippen LogP contribution is 2.44. The number of hydrogen-bond acceptors (Lipinski definition) is 8. The van der Waals surface area contributed by atoms with Crippen molar-refractivity contribution in [3.63, 3.8) is 0 Å². The highest BCUT2D eigenvalue weighted by molar-refractivity contribution is 6.05. The quantitative estimate of drug-likeness (QED) is 0.370. The molecule has 9 nitrogen and oxygen atoms in total. The molecule has 1 heterocycles. The van der Waals surface area contributed by atoms with Crippen LogP contribution in [0.15, 0.2) is 48.5 Å². The molecule has 158 valence electrons. The number of carboxylic acids is 1. The van der Waals surface area contributed by atoms with Gasteiger partial charge in [-0.1, -0.05) is 6.07 Å². The second-order valence-electron chi connectivity index (χ2n) is 7.00. The summed E-state index contributed by atoms with van der Waals surface area (Å²) in [6.45, 7) is 0. The minimum absolute atomic E-state index is 0.0200. The number of fused-ring (bicyclic) bond motifs is 1. The van der Waals surface area contributed by atoms with Crippen LogP contribution in [0.25, 0.3) is 11.1 Å². The van der Waals surface area contributed by atoms with Gasteiger partial charge < -0.3 is 35.4 Å². The standard InChI is InChI=1S/C22H16O9/c23-11-7-16(26)18-17(8-11)31-21(20(28)19(18)27)9-1-3-14(24)12(5-9)13-6-10(22(29)30)2-4-15(13)25/h1-8,20-21,23-26,28H,(H,29,30). The number of phenolic OH excluding ortho intramolecular Hbond substituents is 4. The normalized spacial score (nSPS) is 17.6. The van der Waals surface area contributed by atoms with Gasteiger partial charge in [0, 0.05) is 23.3 Å². The molecule has 0 fully saturated rings. The van der Waals surface area contributed by atoms with Gasteiger partial charge in [-0.15, -0.1) is 0 Å². The number of aromatic carboxylic acids is 1. The number of hydrogen-bond donors (Lipinski definition) is 6. The Morgan fingerprint density at radius 3 is 2.16 bits per heavy atom. The predicted octanol–water partition coefficient (Wildman–Crippen LogP) is 2.55. The smallest absolute Gasteiger partial charge is 0.335 e. The number of aromatic hydroxyl groups is 4. The molecule has 4 rings (SSSR count). The Kier molecular flexibility index (Phi) is 4.67. The summed E-state index contributed by atoms with van der Waals surface area (Å²) in [7, 11) is 0. The zero-order valence-corrected chi connectivity index (χ0v) is 15.7. The summed E-state index contributed by atoms with van der Waals surface area (Å²) in [5.74, 6) is -3.66. The lowest BCUT2D eigenvalue weighted by Crippen LogP contribution is -2.36. The van der Waals surface area contributed by atoms with Gasteiger partial charge in [0.15, 0.2) is 12.2 Å². The summed E-state index contributed by atoms with van der Waals surface area (Å²) < 4.78 is 5.66. The number of phenols is 4. The first-order valence-electron chi connectivity index (χ1n) is 9.02. The summed E-state index contributed by atoms with van der Waals surface area (Å²) in [5.41, 5.74) is -0.103. The van der Waals surface area contributed by atoms with Gasteiger partial charge in [0.05, 0.1) is 5.56 Å². The summed E-state index contributed by atoms with van der Waals surface area (Å²) in [5, 5.41) is 59.8. The van der Waals surface area contributed by atoms with Crippen LogP contribution in [0.2, 0.25) is 0 Å². The fourth-order valence-corrected chi connectivity index (χ4v) is 3.50. The number of carbonyl (C=O) groups excluding carboxylic acids is 1. The van der Waals surface area contributed by atoms with E-state index in [2.05, 4.69) is 0 Å². The van der Waals surface area contributed by atoms with Gasteiger partial charge >= 0.3 is 5.97 Å². The molecule has 1 aliphatic rings. The maximum Gasteiger partial charge on any atom is 0.335 e. The number of carboxylic acid groups (broad SMARTS) is 1. The van der Waals surface area contributed by atoms with Crippen LogP contribution in [0, 0.1) is 0 Å². The van der Waals surface area contributed by atoms with Gasteiger partial charge in [-0.3, -0.25) is 4.79 Å². The minimum Gasteiger partial charge on any atom is -0.508 e. The van der Waals surface area contributed by atoms with E-state index in [0.29, 0.717) is 0 Å². The van der Waals surface area contributed by atoms with Crippen molar-refractivity contribution in [1.29, 1.82) is 0 Å². The Labute approximate surface area is 174 Å². The van der Waals surface area contributed by atoms with Crippen molar-refractivity contribution in [2.45, 2.75) is 12.2 Å². The van der Waals surface area contributed by atoms with Gasteiger partial charge in [0.2, 0.25) is 5.78 Å². The lowest BCUT2D eigenvalue weighted by molar-refractivity contribution is 0.0211. The van der Waals surface area contributed by atoms with E-state index in [-0.39, 0.29) is 50.8 Å². The summed E-state index contributed by atoms with van der Waals surface area (Å²) in [6.07, 6.45) is -2.97. The van der Waals surface area contributed by atoms with E-state index in [1.807, 2.05) is 0 Å². The van der Waals surface area contributed by atoms with Crippen molar-refractivity contribution in [1.82, 2.24) is 0 Å². The van der Waals surface area contributed by atoms with Gasteiger partial charge in [0.1, 0.15) is 34.3 Å². The summed E-state index contributed by atoms with van der Waals surface area (Å²) in [4.78, 5) is 23.9. The monoisotopic (exact) mass is 424 g/mol. The van der Waals surface area contributed by atoms with Crippen LogP contribution < -0.4 is 4.74 Å². The van der Waals surface area contributed by atoms with Crippen LogP contribution in [-0.2, 0) is 0 Å². The Morgan fingerprint density at radius 2 is 1.48 bits per heavy atom. The second kappa shape index (κ2) is 7.22. The molecule has 0 aromatic heterocycles. The highest BCUT2D eigenvalue weighted by atomic mass is 16.5. The SMILES string of the molecule is O=C(O)c1ccc(O)c(-c2cc(C3Oc4cc(O)cc(O)c4C(=O)C3O)ccc2O)c1. The lowest BCUT2D eigenvalue weighted by Gasteiger charge is -2.30. The molecular weight excluding hydrogens is 408 g/mol. The molecular formula is C22H16O9. The largest absolute Gasteiger partial charge is 0.508 e. The van der Waals surface area contributed by atoms with Crippen molar-refractivity contribution >= 4 is 11.8 Å². The Hall–Kier alpha value is -4.24. The number of aliphatic hydroxyl groups is 1. The third-order valence-corrected chi connectivity index (χ3v) is 5.00. The second-order valence-corrected chi connectivity index (χ2v) is 7.00. The van der Waals surface area contributed by atoms with Crippen LogP contribution >= 0.6 is 0 Å². The Morgan fingerprint density at radius 1 is 0.839 bits per heavy atom. The van der Waals surface area contributed by atoms with E-state index in [1.165, 1.54) is 36.4 Å². The van der Waals surface area contributed by atoms with Crippen LogP contribution in [0.4, 0.5) is 0 Å². The molecule has 31 heavy (non-hydrogen) atoms. The molecule has 0 saturated carbocycles. The van der Waals surface area contributed by atoms with E-state index < -0.39 is 29.7 Å². The first kappa shape index (κ1) is 20.0. The zero-order chi connectivity index (χ0) is 22.4. The average Bonchev–Trinajstić information content (AvgIpc) is 2.71. The number of Topliss-reactive ketones (excluding diaryl/α,β-unsaturated/α-hetero) is 1. The van der Waals surface area contributed by atoms with E-state index >= 15 is 0 Å². The molecule has 3 aromatic rings. The van der Waals surface area contributed by atoms with Crippen molar-refractivity contribution in [2.24, 2.45) is 0 Å². The molecule has 2 atom stereocenters. The Balaban J connectivity index is 1.81. The molecule has 0 radical (unpaired) electrons. The molecule has 6 N–H and O–H groups in total. The highest BCUT2D eigenvalue weighted by Gasteiger charge is 2.39. The Bertz CT molecular complexity index is 1230. The van der Waals surface area contributed by atoms with Crippen LogP contribution in [-0.4, -0.2) is 48.5 Å². The van der Waals surface area contributed by atoms with E-state index in [4.69, 9.17) is 4.74 Å². The lowest BCUT2D eigenvalue weighted by atomic mass is 9.90. The van der Waals surface area contributed by atoms with Crippen molar-refractivity contribution < 1.29 is 45.0 Å². The molecule has 3 aromatic carbocycles. The molecule has 2 unspecified atom stereocenters. The molecule has 1 aliphatic heterocycles. The van der Waals surface area contributed by atoms with Crippen LogP contribution in [0.3, 0.4) is 0 Å². The van der Waals surface area contributed by atoms with E-state index in [9.17, 15) is 40.2 Å². The fraction of sp³-hybridized carbons (Fsp3) is 0.0909. The molecule has 0 amide bonds. The number of rotatable bonds is 3. The minimum atomic E-state index is -1.71. The average molecular weight is 424 g/mol. The molecule has 0 spiro atoms. The zero-order valence-electron chi connectivity index (χ0n) is 15.7. The number of ether oxygens (including phenoxy) is 1. The van der Waals surface area contributed by atoms with Crippen LogP contribution in [0.5, 0.6) is 28.7 Å². The predicted molar refractivity (Wildman–Crippen MR) is 106 cm³/mol. The van der Waals surface area contributed by atoms with Gasteiger partial charge in [-0.25, -0.2) is 4.79 Å². The van der Waals surface area contributed by atoms with Crippen molar-refractivity contribution in [3.05, 3.63) is 65.2 Å². The van der Waals surface area contributed by atoms with Crippen LogP contribution in [0.1, 0.15) is 32.4 Å². The third kappa shape index (κ3) is 3.36. The summed E-state index contributed by atoms with van der Waals surface area (Å²) in [6, 6.07) is 9.57. The van der Waals surface area contributed by atoms with Gasteiger partial charge in [-0.2, -0.15) is 0 Å². The van der Waals surface area contributed by atoms with E-state index in [1.54, 1.807) is 0 Å². The van der Waals surface area contributed by atoms with Crippen molar-refractivity contribution in [3.8, 4) is 39.9 Å². The van der Waals surface area contributed by atoms with Crippen molar-refractivity contribution in [2.75, 3.05) is 0 Å². The maximum absolute atomic E-state index is 12.6.